The molecule has 0 saturated carbocycles. The van der Waals surface area contributed by atoms with Crippen LogP contribution in [0.3, 0.4) is 0 Å². The second kappa shape index (κ2) is 6.96. The van der Waals surface area contributed by atoms with E-state index in [1.54, 1.807) is 6.07 Å². The number of nitrogens with zero attached hydrogens (tertiary/aromatic N) is 3. The second-order valence-electron chi connectivity index (χ2n) is 7.08. The van der Waals surface area contributed by atoms with Gasteiger partial charge in [-0.15, -0.1) is 0 Å². The van der Waals surface area contributed by atoms with Gasteiger partial charge >= 0.3 is 0 Å². The van der Waals surface area contributed by atoms with Crippen LogP contribution in [0.4, 0.5) is 4.39 Å². The fourth-order valence-corrected chi connectivity index (χ4v) is 3.78. The first-order valence-electron chi connectivity index (χ1n) is 8.98. The van der Waals surface area contributed by atoms with Crippen molar-refractivity contribution in [1.82, 2.24) is 15.1 Å². The van der Waals surface area contributed by atoms with Crippen LogP contribution in [-0.4, -0.2) is 28.7 Å². The topological polar surface area (TPSA) is 29.0 Å². The average Bonchev–Trinajstić information content (AvgIpc) is 2.81. The molecule has 26 heavy (non-hydrogen) atoms. The number of rotatable bonds is 2. The molecule has 1 aliphatic heterocycles. The highest BCUT2D eigenvalue weighted by Crippen LogP contribution is 2.37. The highest BCUT2D eigenvalue weighted by atomic mass is 19.1. The van der Waals surface area contributed by atoms with E-state index in [1.807, 2.05) is 37.3 Å². The van der Waals surface area contributed by atoms with Crippen molar-refractivity contribution < 1.29 is 4.39 Å². The lowest BCUT2D eigenvalue weighted by Gasteiger charge is -2.19. The van der Waals surface area contributed by atoms with Gasteiger partial charge in [0.25, 0.3) is 0 Å². The van der Waals surface area contributed by atoms with Crippen LogP contribution in [0.15, 0.2) is 54.6 Å². The summed E-state index contributed by atoms with van der Waals surface area (Å²) in [6.45, 7) is 3.57. The number of hydrogen-bond acceptors (Lipinski definition) is 3. The molecule has 0 saturated heterocycles. The number of hydrogen-bond donors (Lipinski definition) is 0. The molecular formula is C22H22FN3. The summed E-state index contributed by atoms with van der Waals surface area (Å²) < 4.78 is 15.3. The van der Waals surface area contributed by atoms with Gasteiger partial charge in [0.05, 0.1) is 11.4 Å². The third-order valence-corrected chi connectivity index (χ3v) is 5.10. The summed E-state index contributed by atoms with van der Waals surface area (Å²) in [6, 6.07) is 17.7. The molecule has 0 N–H and O–H groups in total. The molecule has 0 radical (unpaired) electrons. The maximum Gasteiger partial charge on any atom is 0.128 e. The van der Waals surface area contributed by atoms with Crippen LogP contribution in [0.5, 0.6) is 0 Å². The molecule has 4 rings (SSSR count). The summed E-state index contributed by atoms with van der Waals surface area (Å²) in [5, 5.41) is 8.34. The predicted molar refractivity (Wildman–Crippen MR) is 101 cm³/mol. The maximum absolute atomic E-state index is 15.3. The molecule has 3 aromatic rings. The highest BCUT2D eigenvalue weighted by Gasteiger charge is 2.26. The summed E-state index contributed by atoms with van der Waals surface area (Å²) >= 11 is 0. The first-order chi connectivity index (χ1) is 12.6. The molecule has 2 heterocycles. The largest absolute Gasteiger partial charge is 0.302 e. The van der Waals surface area contributed by atoms with Gasteiger partial charge in [0.2, 0.25) is 0 Å². The molecule has 132 valence electrons. The fourth-order valence-electron chi connectivity index (χ4n) is 3.78. The molecule has 2 aromatic carbocycles. The lowest BCUT2D eigenvalue weighted by molar-refractivity contribution is 0.328. The van der Waals surface area contributed by atoms with Gasteiger partial charge < -0.3 is 4.90 Å². The minimum Gasteiger partial charge on any atom is -0.302 e. The van der Waals surface area contributed by atoms with E-state index in [4.69, 9.17) is 0 Å². The Hall–Kier alpha value is -2.59. The average molecular weight is 347 g/mol. The van der Waals surface area contributed by atoms with E-state index in [-0.39, 0.29) is 11.7 Å². The first-order valence-corrected chi connectivity index (χ1v) is 8.98. The zero-order chi connectivity index (χ0) is 18.1. The minimum atomic E-state index is -0.149. The number of halogens is 1. The first kappa shape index (κ1) is 16.9. The Bertz CT molecular complexity index is 907. The Morgan fingerprint density at radius 2 is 1.85 bits per heavy atom. The molecule has 0 fully saturated rings. The Morgan fingerprint density at radius 3 is 2.58 bits per heavy atom. The van der Waals surface area contributed by atoms with E-state index in [2.05, 4.69) is 40.3 Å². The zero-order valence-corrected chi connectivity index (χ0v) is 15.1. The normalized spacial score (nSPS) is 17.6. The van der Waals surface area contributed by atoms with E-state index in [0.717, 1.165) is 41.9 Å². The van der Waals surface area contributed by atoms with Gasteiger partial charge in [-0.3, -0.25) is 0 Å². The summed E-state index contributed by atoms with van der Waals surface area (Å²) in [7, 11) is 2.09. The van der Waals surface area contributed by atoms with E-state index in [9.17, 15) is 0 Å². The van der Waals surface area contributed by atoms with Crippen LogP contribution >= 0.6 is 0 Å². The molecule has 0 bridgehead atoms. The SMILES string of the molecule is Cc1ccc(-c2cc(F)c3c(c2)CN(C)CCC3c2ccccc2)nn1. The molecule has 1 aromatic heterocycles. The predicted octanol–water partition coefficient (Wildman–Crippen LogP) is 4.56. The molecule has 1 aliphatic rings. The van der Waals surface area contributed by atoms with Crippen molar-refractivity contribution >= 4 is 0 Å². The van der Waals surface area contributed by atoms with Gasteiger partial charge in [-0.05, 0) is 67.9 Å². The molecule has 4 heteroatoms. The molecular weight excluding hydrogens is 325 g/mol. The Morgan fingerprint density at radius 1 is 1.04 bits per heavy atom. The van der Waals surface area contributed by atoms with Crippen LogP contribution in [-0.2, 0) is 6.54 Å². The van der Waals surface area contributed by atoms with Gasteiger partial charge in [-0.1, -0.05) is 30.3 Å². The summed E-state index contributed by atoms with van der Waals surface area (Å²) in [5.74, 6) is -0.0710. The Kier molecular flexibility index (Phi) is 4.51. The smallest absolute Gasteiger partial charge is 0.128 e. The highest BCUT2D eigenvalue weighted by molar-refractivity contribution is 5.62. The van der Waals surface area contributed by atoms with Crippen LogP contribution in [0.1, 0.15) is 34.7 Å². The van der Waals surface area contributed by atoms with Crippen molar-refractivity contribution in [1.29, 1.82) is 0 Å². The van der Waals surface area contributed by atoms with Crippen molar-refractivity contribution in [2.75, 3.05) is 13.6 Å². The third kappa shape index (κ3) is 3.25. The minimum absolute atomic E-state index is 0.0781. The van der Waals surface area contributed by atoms with Crippen LogP contribution in [0.2, 0.25) is 0 Å². The number of aromatic nitrogens is 2. The molecule has 3 nitrogen and oxygen atoms in total. The quantitative estimate of drug-likeness (QED) is 0.680. The molecule has 0 aliphatic carbocycles. The van der Waals surface area contributed by atoms with Gasteiger partial charge in [0, 0.05) is 18.0 Å². The van der Waals surface area contributed by atoms with E-state index in [0.29, 0.717) is 5.69 Å². The van der Waals surface area contributed by atoms with Crippen molar-refractivity contribution in [3.63, 3.8) is 0 Å². The van der Waals surface area contributed by atoms with Gasteiger partial charge in [0.1, 0.15) is 5.82 Å². The second-order valence-corrected chi connectivity index (χ2v) is 7.08. The number of fused-ring (bicyclic) bond motifs is 1. The standard InChI is InChI=1S/C22H22FN3/c1-15-8-9-21(25-24-15)17-12-18-14-26(2)11-10-19(22(18)20(23)13-17)16-6-4-3-5-7-16/h3-9,12-13,19H,10-11,14H2,1-2H3. The molecule has 0 amide bonds. The number of benzene rings is 2. The third-order valence-electron chi connectivity index (χ3n) is 5.10. The van der Waals surface area contributed by atoms with Gasteiger partial charge in [-0.25, -0.2) is 4.39 Å². The Labute approximate surface area is 153 Å². The maximum atomic E-state index is 15.3. The molecule has 0 spiro atoms. The van der Waals surface area contributed by atoms with Crippen LogP contribution in [0.25, 0.3) is 11.3 Å². The number of aryl methyl sites for hydroxylation is 1. The van der Waals surface area contributed by atoms with E-state index in [1.165, 1.54) is 5.56 Å². The summed E-state index contributed by atoms with van der Waals surface area (Å²) in [4.78, 5) is 2.26. The van der Waals surface area contributed by atoms with Crippen LogP contribution in [0, 0.1) is 12.7 Å². The molecule has 1 unspecified atom stereocenters. The van der Waals surface area contributed by atoms with Crippen molar-refractivity contribution in [3.05, 3.63) is 82.8 Å². The van der Waals surface area contributed by atoms with Gasteiger partial charge in [0.15, 0.2) is 0 Å². The van der Waals surface area contributed by atoms with Crippen LogP contribution < -0.4 is 0 Å². The van der Waals surface area contributed by atoms with Crippen molar-refractivity contribution in [2.45, 2.75) is 25.8 Å². The van der Waals surface area contributed by atoms with Crippen molar-refractivity contribution in [3.8, 4) is 11.3 Å². The van der Waals surface area contributed by atoms with E-state index < -0.39 is 0 Å². The summed E-state index contributed by atoms with van der Waals surface area (Å²) in [6.07, 6.45) is 0.911. The fraction of sp³-hybridized carbons (Fsp3) is 0.273. The zero-order valence-electron chi connectivity index (χ0n) is 15.1. The molecule has 1 atom stereocenters. The Balaban J connectivity index is 1.84. The lowest BCUT2D eigenvalue weighted by atomic mass is 9.85. The van der Waals surface area contributed by atoms with Crippen molar-refractivity contribution in [2.24, 2.45) is 0 Å². The van der Waals surface area contributed by atoms with E-state index >= 15 is 4.39 Å². The lowest BCUT2D eigenvalue weighted by Crippen LogP contribution is -2.17. The monoisotopic (exact) mass is 347 g/mol. The summed E-state index contributed by atoms with van der Waals surface area (Å²) in [5.41, 5.74) is 5.38. The van der Waals surface area contributed by atoms with Gasteiger partial charge in [-0.2, -0.15) is 10.2 Å².